The van der Waals surface area contributed by atoms with Crippen LogP contribution in [0.25, 0.3) is 0 Å². The highest BCUT2D eigenvalue weighted by Crippen LogP contribution is 2.38. The van der Waals surface area contributed by atoms with Crippen LogP contribution in [0.1, 0.15) is 20.7 Å². The first kappa shape index (κ1) is 20.6. The summed E-state index contributed by atoms with van der Waals surface area (Å²) in [5.41, 5.74) is 5.29. The van der Waals surface area contributed by atoms with E-state index in [0.29, 0.717) is 35.2 Å². The molecular weight excluding hydrogens is 364 g/mol. The van der Waals surface area contributed by atoms with E-state index in [9.17, 15) is 9.59 Å². The largest absolute Gasteiger partial charge is 0.493 e. The first-order valence-corrected chi connectivity index (χ1v) is 8.28. The lowest BCUT2D eigenvalue weighted by Crippen LogP contribution is -2.41. The van der Waals surface area contributed by atoms with Crippen molar-refractivity contribution >= 4 is 11.8 Å². The van der Waals surface area contributed by atoms with E-state index in [1.807, 2.05) is 0 Å². The van der Waals surface area contributed by atoms with E-state index in [1.54, 1.807) is 30.3 Å². The highest BCUT2D eigenvalue weighted by molar-refractivity contribution is 5.99. The van der Waals surface area contributed by atoms with Gasteiger partial charge >= 0.3 is 0 Å². The topological polar surface area (TPSA) is 95.1 Å². The van der Waals surface area contributed by atoms with Crippen LogP contribution in [-0.4, -0.2) is 39.8 Å². The lowest BCUT2D eigenvalue weighted by atomic mass is 10.1. The molecular formula is C20H22N2O6. The van der Waals surface area contributed by atoms with Gasteiger partial charge in [-0.05, 0) is 36.4 Å². The van der Waals surface area contributed by atoms with E-state index in [0.717, 1.165) is 0 Å². The minimum atomic E-state index is -0.543. The van der Waals surface area contributed by atoms with E-state index in [-0.39, 0.29) is 5.56 Å². The van der Waals surface area contributed by atoms with Crippen LogP contribution in [0, 0.1) is 0 Å². The predicted molar refractivity (Wildman–Crippen MR) is 103 cm³/mol. The van der Waals surface area contributed by atoms with Crippen molar-refractivity contribution in [2.45, 2.75) is 0 Å². The maximum Gasteiger partial charge on any atom is 0.269 e. The number of carbonyl (C=O) groups is 2. The summed E-state index contributed by atoms with van der Waals surface area (Å²) in [6.45, 7) is 3.94. The van der Waals surface area contributed by atoms with Gasteiger partial charge in [-0.3, -0.25) is 20.4 Å². The van der Waals surface area contributed by atoms with Crippen molar-refractivity contribution in [3.8, 4) is 23.0 Å². The third kappa shape index (κ3) is 4.94. The molecule has 8 nitrogen and oxygen atoms in total. The minimum absolute atomic E-state index is 0.225. The van der Waals surface area contributed by atoms with Crippen LogP contribution in [0.15, 0.2) is 49.1 Å². The fraction of sp³-hybridized carbons (Fsp3) is 0.200. The van der Waals surface area contributed by atoms with E-state index in [1.165, 1.54) is 33.5 Å². The van der Waals surface area contributed by atoms with Crippen molar-refractivity contribution in [3.63, 3.8) is 0 Å². The number of methoxy groups -OCH3 is 3. The van der Waals surface area contributed by atoms with E-state index in [2.05, 4.69) is 17.4 Å². The van der Waals surface area contributed by atoms with Crippen LogP contribution in [0.5, 0.6) is 23.0 Å². The maximum atomic E-state index is 12.4. The second-order valence-electron chi connectivity index (χ2n) is 5.45. The Morgan fingerprint density at radius 1 is 0.893 bits per heavy atom. The third-order valence-corrected chi connectivity index (χ3v) is 3.70. The quantitative estimate of drug-likeness (QED) is 0.534. The molecule has 0 aromatic heterocycles. The van der Waals surface area contributed by atoms with Crippen molar-refractivity contribution < 1.29 is 28.5 Å². The van der Waals surface area contributed by atoms with Crippen LogP contribution in [0.4, 0.5) is 0 Å². The van der Waals surface area contributed by atoms with Crippen molar-refractivity contribution in [1.29, 1.82) is 0 Å². The van der Waals surface area contributed by atoms with Crippen LogP contribution >= 0.6 is 0 Å². The number of amides is 2. The summed E-state index contributed by atoms with van der Waals surface area (Å²) in [4.78, 5) is 24.6. The average molecular weight is 386 g/mol. The van der Waals surface area contributed by atoms with Crippen LogP contribution in [0.2, 0.25) is 0 Å². The van der Waals surface area contributed by atoms with Crippen molar-refractivity contribution in [3.05, 3.63) is 60.2 Å². The van der Waals surface area contributed by atoms with Gasteiger partial charge in [-0.2, -0.15) is 0 Å². The molecule has 2 N–H and O–H groups in total. The Balaban J connectivity index is 2.05. The van der Waals surface area contributed by atoms with Gasteiger partial charge in [-0.15, -0.1) is 0 Å². The molecule has 2 amide bonds. The van der Waals surface area contributed by atoms with Gasteiger partial charge in [0.25, 0.3) is 11.8 Å². The summed E-state index contributed by atoms with van der Waals surface area (Å²) < 4.78 is 21.0. The Labute approximate surface area is 163 Å². The lowest BCUT2D eigenvalue weighted by Gasteiger charge is -2.14. The molecule has 0 bridgehead atoms. The standard InChI is InChI=1S/C20H22N2O6/c1-5-10-28-15-8-6-13(7-9-15)19(23)21-22-20(24)14-11-16(25-2)18(27-4)17(12-14)26-3/h5-9,11-12H,1,10H2,2-4H3,(H,21,23)(H,22,24). The van der Waals surface area contributed by atoms with Gasteiger partial charge in [0, 0.05) is 11.1 Å². The molecule has 28 heavy (non-hydrogen) atoms. The fourth-order valence-electron chi connectivity index (χ4n) is 2.33. The van der Waals surface area contributed by atoms with E-state index < -0.39 is 11.8 Å². The van der Waals surface area contributed by atoms with E-state index >= 15 is 0 Å². The Bertz CT molecular complexity index is 823. The van der Waals surface area contributed by atoms with Gasteiger partial charge in [-0.25, -0.2) is 0 Å². The molecule has 0 heterocycles. The molecule has 0 aliphatic carbocycles. The first-order chi connectivity index (χ1) is 13.5. The van der Waals surface area contributed by atoms with Gasteiger partial charge in [0.2, 0.25) is 5.75 Å². The number of hydrogen-bond donors (Lipinski definition) is 2. The Hall–Kier alpha value is -3.68. The number of ether oxygens (including phenoxy) is 4. The maximum absolute atomic E-state index is 12.4. The van der Waals surface area contributed by atoms with Crippen molar-refractivity contribution in [2.75, 3.05) is 27.9 Å². The van der Waals surface area contributed by atoms with E-state index in [4.69, 9.17) is 18.9 Å². The lowest BCUT2D eigenvalue weighted by molar-refractivity contribution is 0.0846. The molecule has 2 aromatic rings. The molecule has 2 rings (SSSR count). The van der Waals surface area contributed by atoms with Gasteiger partial charge in [0.1, 0.15) is 12.4 Å². The Kier molecular flexibility index (Phi) is 7.27. The number of hydrogen-bond acceptors (Lipinski definition) is 6. The molecule has 2 aromatic carbocycles. The molecule has 0 saturated carbocycles. The molecule has 0 aliphatic heterocycles. The molecule has 0 saturated heterocycles. The van der Waals surface area contributed by atoms with Crippen LogP contribution in [-0.2, 0) is 0 Å². The number of hydrazine groups is 1. The molecule has 8 heteroatoms. The summed E-state index contributed by atoms with van der Waals surface area (Å²) in [5.74, 6) is 0.610. The van der Waals surface area contributed by atoms with Gasteiger partial charge in [0.05, 0.1) is 21.3 Å². The molecule has 0 spiro atoms. The van der Waals surface area contributed by atoms with Gasteiger partial charge in [0.15, 0.2) is 11.5 Å². The van der Waals surface area contributed by atoms with Gasteiger partial charge in [-0.1, -0.05) is 12.7 Å². The summed E-state index contributed by atoms with van der Waals surface area (Å²) in [5, 5.41) is 0. The third-order valence-electron chi connectivity index (χ3n) is 3.70. The average Bonchev–Trinajstić information content (AvgIpc) is 2.74. The zero-order valence-electron chi connectivity index (χ0n) is 15.9. The Morgan fingerprint density at radius 3 is 1.89 bits per heavy atom. The molecule has 0 aliphatic rings. The fourth-order valence-corrected chi connectivity index (χ4v) is 2.33. The zero-order valence-corrected chi connectivity index (χ0v) is 15.9. The number of benzene rings is 2. The molecule has 0 fully saturated rings. The molecule has 0 radical (unpaired) electrons. The van der Waals surface area contributed by atoms with Crippen molar-refractivity contribution in [1.82, 2.24) is 10.9 Å². The minimum Gasteiger partial charge on any atom is -0.493 e. The predicted octanol–water partition coefficient (Wildman–Crippen LogP) is 2.35. The van der Waals surface area contributed by atoms with Crippen LogP contribution in [0.3, 0.4) is 0 Å². The first-order valence-electron chi connectivity index (χ1n) is 8.28. The molecule has 0 atom stereocenters. The summed E-state index contributed by atoms with van der Waals surface area (Å²) in [7, 11) is 4.36. The monoisotopic (exact) mass is 386 g/mol. The highest BCUT2D eigenvalue weighted by atomic mass is 16.5. The summed E-state index contributed by atoms with van der Waals surface area (Å²) in [6.07, 6.45) is 1.62. The number of carbonyl (C=O) groups excluding carboxylic acids is 2. The second kappa shape index (κ2) is 9.86. The smallest absolute Gasteiger partial charge is 0.269 e. The number of rotatable bonds is 8. The summed E-state index contributed by atoms with van der Waals surface area (Å²) in [6, 6.07) is 9.43. The van der Waals surface area contributed by atoms with Gasteiger partial charge < -0.3 is 18.9 Å². The molecule has 148 valence electrons. The number of nitrogens with one attached hydrogen (secondary N) is 2. The van der Waals surface area contributed by atoms with Crippen LogP contribution < -0.4 is 29.8 Å². The molecule has 0 unspecified atom stereocenters. The second-order valence-corrected chi connectivity index (χ2v) is 5.45. The summed E-state index contributed by atoms with van der Waals surface area (Å²) >= 11 is 0. The van der Waals surface area contributed by atoms with Crippen molar-refractivity contribution in [2.24, 2.45) is 0 Å². The normalized spacial score (nSPS) is 9.82. The highest BCUT2D eigenvalue weighted by Gasteiger charge is 2.17. The Morgan fingerprint density at radius 2 is 1.43 bits per heavy atom. The SMILES string of the molecule is C=CCOc1ccc(C(=O)NNC(=O)c2cc(OC)c(OC)c(OC)c2)cc1. The zero-order chi connectivity index (χ0) is 20.5.